The van der Waals surface area contributed by atoms with E-state index < -0.39 is 4.92 Å². The van der Waals surface area contributed by atoms with Crippen molar-refractivity contribution in [3.63, 3.8) is 0 Å². The van der Waals surface area contributed by atoms with Gasteiger partial charge in [0.05, 0.1) is 21.0 Å². The Morgan fingerprint density at radius 1 is 1.09 bits per heavy atom. The molecule has 0 radical (unpaired) electrons. The Bertz CT molecular complexity index is 1300. The van der Waals surface area contributed by atoms with Gasteiger partial charge in [0.15, 0.2) is 5.78 Å². The Morgan fingerprint density at radius 3 is 2.41 bits per heavy atom. The minimum Gasteiger partial charge on any atom is -0.350 e. The van der Waals surface area contributed by atoms with Crippen LogP contribution in [0.5, 0.6) is 0 Å². The zero-order valence-corrected chi connectivity index (χ0v) is 19.9. The summed E-state index contributed by atoms with van der Waals surface area (Å²) in [6.45, 7) is 0. The highest BCUT2D eigenvalue weighted by Crippen LogP contribution is 2.26. The average Bonchev–Trinajstić information content (AvgIpc) is 2.82. The van der Waals surface area contributed by atoms with Crippen LogP contribution in [-0.2, 0) is 0 Å². The van der Waals surface area contributed by atoms with Crippen LogP contribution >= 0.6 is 35.0 Å². The molecular formula is C25H17Cl2N3O3S. The molecule has 0 fully saturated rings. The van der Waals surface area contributed by atoms with Gasteiger partial charge in [0.25, 0.3) is 5.69 Å². The summed E-state index contributed by atoms with van der Waals surface area (Å²) in [5.41, 5.74) is 2.14. The first kappa shape index (κ1) is 25.1. The highest BCUT2D eigenvalue weighted by atomic mass is 35.5. The Balaban J connectivity index is 1.82. The number of para-hydroxylation sites is 1. The lowest BCUT2D eigenvalue weighted by Crippen LogP contribution is -2.03. The summed E-state index contributed by atoms with van der Waals surface area (Å²) in [7, 11) is 0. The topological polar surface area (TPSA) is 96.0 Å². The lowest BCUT2D eigenvalue weighted by molar-refractivity contribution is -0.384. The molecule has 170 valence electrons. The highest BCUT2D eigenvalue weighted by Gasteiger charge is 2.12. The van der Waals surface area contributed by atoms with Crippen LogP contribution in [0.2, 0.25) is 10.0 Å². The minimum atomic E-state index is -0.481. The van der Waals surface area contributed by atoms with E-state index in [1.165, 1.54) is 36.0 Å². The molecule has 34 heavy (non-hydrogen) atoms. The fourth-order valence-electron chi connectivity index (χ4n) is 2.82. The lowest BCUT2D eigenvalue weighted by Gasteiger charge is -2.11. The number of anilines is 1. The molecule has 0 heterocycles. The number of allylic oxidation sites excluding steroid dienone is 1. The predicted molar refractivity (Wildman–Crippen MR) is 138 cm³/mol. The highest BCUT2D eigenvalue weighted by molar-refractivity contribution is 8.03. The zero-order valence-electron chi connectivity index (χ0n) is 17.6. The third-order valence-corrected chi connectivity index (χ3v) is 6.01. The molecule has 0 saturated carbocycles. The molecule has 0 amide bonds. The standard InChI is InChI=1S/C25H17Cl2N3O3S/c26-19-8-11-22(23(27)13-19)24(31)14-25(29-20-4-2-1-3-5-20)34-16-18(15-28)12-17-6-9-21(10-7-17)30(32)33/h1-14,29H,16H2/b18-12+,25-14+. The summed E-state index contributed by atoms with van der Waals surface area (Å²) in [6.07, 6.45) is 3.07. The molecule has 1 N–H and O–H groups in total. The number of ketones is 1. The van der Waals surface area contributed by atoms with Crippen LogP contribution in [0.3, 0.4) is 0 Å². The fraction of sp³-hybridized carbons (Fsp3) is 0.0400. The van der Waals surface area contributed by atoms with Crippen molar-refractivity contribution in [2.45, 2.75) is 0 Å². The van der Waals surface area contributed by atoms with Crippen molar-refractivity contribution < 1.29 is 9.72 Å². The number of rotatable bonds is 9. The van der Waals surface area contributed by atoms with Crippen LogP contribution < -0.4 is 5.32 Å². The number of nitro benzene ring substituents is 1. The van der Waals surface area contributed by atoms with Crippen molar-refractivity contribution in [2.75, 3.05) is 11.1 Å². The van der Waals surface area contributed by atoms with Gasteiger partial charge in [0.1, 0.15) is 0 Å². The largest absolute Gasteiger partial charge is 0.350 e. The number of hydrogen-bond donors (Lipinski definition) is 1. The summed E-state index contributed by atoms with van der Waals surface area (Å²) < 4.78 is 0. The molecule has 0 unspecified atom stereocenters. The van der Waals surface area contributed by atoms with Gasteiger partial charge >= 0.3 is 0 Å². The second-order valence-corrected chi connectivity index (χ2v) is 8.77. The van der Waals surface area contributed by atoms with Crippen LogP contribution in [0.1, 0.15) is 15.9 Å². The average molecular weight is 510 g/mol. The van der Waals surface area contributed by atoms with Crippen molar-refractivity contribution in [1.29, 1.82) is 5.26 Å². The van der Waals surface area contributed by atoms with E-state index in [0.29, 0.717) is 26.8 Å². The van der Waals surface area contributed by atoms with Gasteiger partial charge in [0.2, 0.25) is 0 Å². The maximum absolute atomic E-state index is 12.9. The van der Waals surface area contributed by atoms with Gasteiger partial charge in [-0.2, -0.15) is 5.26 Å². The third-order valence-electron chi connectivity index (χ3n) is 4.47. The molecule has 0 aliphatic heterocycles. The molecule has 0 aromatic heterocycles. The van der Waals surface area contributed by atoms with Gasteiger partial charge in [-0.05, 0) is 54.1 Å². The number of hydrogen-bond acceptors (Lipinski definition) is 6. The second kappa shape index (κ2) is 12.1. The Kier molecular flexibility index (Phi) is 8.88. The van der Waals surface area contributed by atoms with Crippen molar-refractivity contribution in [1.82, 2.24) is 0 Å². The van der Waals surface area contributed by atoms with Crippen molar-refractivity contribution >= 4 is 58.2 Å². The van der Waals surface area contributed by atoms with Gasteiger partial charge < -0.3 is 5.32 Å². The smallest absolute Gasteiger partial charge is 0.269 e. The summed E-state index contributed by atoms with van der Waals surface area (Å²) in [5, 5.41) is 24.8. The van der Waals surface area contributed by atoms with Crippen LogP contribution in [0.4, 0.5) is 11.4 Å². The number of nitriles is 1. The van der Waals surface area contributed by atoms with Crippen LogP contribution in [0, 0.1) is 21.4 Å². The molecule has 0 bridgehead atoms. The number of carbonyl (C=O) groups excluding carboxylic acids is 1. The first-order valence-electron chi connectivity index (χ1n) is 9.87. The molecule has 0 aliphatic rings. The van der Waals surface area contributed by atoms with Gasteiger partial charge in [-0.1, -0.05) is 41.4 Å². The Morgan fingerprint density at radius 2 is 1.79 bits per heavy atom. The van der Waals surface area contributed by atoms with Gasteiger partial charge in [-0.15, -0.1) is 11.8 Å². The van der Waals surface area contributed by atoms with E-state index in [2.05, 4.69) is 11.4 Å². The minimum absolute atomic E-state index is 0.0262. The molecule has 3 aromatic rings. The van der Waals surface area contributed by atoms with Gasteiger partial charge in [-0.25, -0.2) is 0 Å². The van der Waals surface area contributed by atoms with Crippen molar-refractivity contribution in [2.24, 2.45) is 0 Å². The quantitative estimate of drug-likeness (QED) is 0.106. The number of nitro groups is 1. The van der Waals surface area contributed by atoms with E-state index in [1.54, 1.807) is 30.3 Å². The monoisotopic (exact) mass is 509 g/mol. The number of nitrogens with one attached hydrogen (secondary N) is 1. The number of halogens is 2. The molecule has 3 aromatic carbocycles. The predicted octanol–water partition coefficient (Wildman–Crippen LogP) is 7.38. The van der Waals surface area contributed by atoms with Gasteiger partial charge in [0, 0.05) is 45.8 Å². The Labute approximate surface area is 210 Å². The van der Waals surface area contributed by atoms with Crippen LogP contribution in [0.25, 0.3) is 6.08 Å². The molecule has 0 spiro atoms. The normalized spacial score (nSPS) is 11.6. The number of non-ortho nitro benzene ring substituents is 1. The van der Waals surface area contributed by atoms with Gasteiger partial charge in [-0.3, -0.25) is 14.9 Å². The first-order chi connectivity index (χ1) is 16.4. The summed E-state index contributed by atoms with van der Waals surface area (Å²) in [6, 6.07) is 22.0. The van der Waals surface area contributed by atoms with E-state index in [9.17, 15) is 20.2 Å². The third kappa shape index (κ3) is 7.22. The van der Waals surface area contributed by atoms with Crippen molar-refractivity contribution in [3.05, 3.63) is 121 Å². The number of carbonyl (C=O) groups is 1. The maximum Gasteiger partial charge on any atom is 0.269 e. The summed E-state index contributed by atoms with van der Waals surface area (Å²) >= 11 is 13.4. The first-order valence-corrected chi connectivity index (χ1v) is 11.6. The van der Waals surface area contributed by atoms with E-state index in [-0.39, 0.29) is 22.2 Å². The molecule has 3 rings (SSSR count). The van der Waals surface area contributed by atoms with E-state index in [1.807, 2.05) is 30.3 Å². The molecular weight excluding hydrogens is 493 g/mol. The van der Waals surface area contributed by atoms with E-state index in [4.69, 9.17) is 23.2 Å². The fourth-order valence-corrected chi connectivity index (χ4v) is 4.16. The van der Waals surface area contributed by atoms with Crippen LogP contribution in [-0.4, -0.2) is 16.5 Å². The van der Waals surface area contributed by atoms with Crippen molar-refractivity contribution in [3.8, 4) is 6.07 Å². The Hall–Kier alpha value is -3.57. The number of benzene rings is 3. The number of nitrogens with zero attached hydrogens (tertiary/aromatic N) is 2. The summed E-state index contributed by atoms with van der Waals surface area (Å²) in [4.78, 5) is 23.2. The van der Waals surface area contributed by atoms with E-state index in [0.717, 1.165) is 5.69 Å². The SMILES string of the molecule is N#C/C(=C\c1ccc([N+](=O)[O-])cc1)CS/C(=C/C(=O)c1ccc(Cl)cc1Cl)Nc1ccccc1. The number of thioether (sulfide) groups is 1. The zero-order chi connectivity index (χ0) is 24.5. The molecule has 9 heteroatoms. The summed E-state index contributed by atoms with van der Waals surface area (Å²) in [5.74, 6) is -0.0497. The second-order valence-electron chi connectivity index (χ2n) is 6.91. The van der Waals surface area contributed by atoms with E-state index >= 15 is 0 Å². The molecule has 0 aliphatic carbocycles. The molecule has 0 saturated heterocycles. The van der Waals surface area contributed by atoms with Crippen LogP contribution in [0.15, 0.2) is 89.5 Å². The lowest BCUT2D eigenvalue weighted by atomic mass is 10.1. The molecule has 6 nitrogen and oxygen atoms in total. The maximum atomic E-state index is 12.9. The molecule has 0 atom stereocenters.